The predicted octanol–water partition coefficient (Wildman–Crippen LogP) is 2.05. The summed E-state index contributed by atoms with van der Waals surface area (Å²) in [4.78, 5) is 18.3. The van der Waals surface area contributed by atoms with Gasteiger partial charge in [0.25, 0.3) is 0 Å². The van der Waals surface area contributed by atoms with Gasteiger partial charge < -0.3 is 0 Å². The molecule has 1 amide bonds. The number of hydrogen-bond donors (Lipinski definition) is 1. The molecule has 0 aromatic carbocycles. The van der Waals surface area contributed by atoms with Gasteiger partial charge in [0, 0.05) is 6.92 Å². The van der Waals surface area contributed by atoms with E-state index >= 15 is 0 Å². The van der Waals surface area contributed by atoms with Crippen LogP contribution in [0.1, 0.15) is 12.6 Å². The van der Waals surface area contributed by atoms with Gasteiger partial charge >= 0.3 is 0 Å². The Hall–Kier alpha value is -0.870. The summed E-state index contributed by atoms with van der Waals surface area (Å²) in [7, 11) is 0. The lowest BCUT2D eigenvalue weighted by molar-refractivity contribution is -0.114. The fraction of sp³-hybridized carbons (Fsp3) is 0.286. The van der Waals surface area contributed by atoms with E-state index in [0.717, 1.165) is 0 Å². The van der Waals surface area contributed by atoms with E-state index in [1.165, 1.54) is 6.92 Å². The first-order valence-corrected chi connectivity index (χ1v) is 4.23. The van der Waals surface area contributed by atoms with Crippen molar-refractivity contribution in [3.8, 4) is 0 Å². The number of rotatable bonds is 1. The molecule has 70 valence electrons. The average Bonchev–Trinajstić information content (AvgIpc) is 1.98. The average molecular weight is 220 g/mol. The summed E-state index contributed by atoms with van der Waals surface area (Å²) >= 11 is 11.4. The number of nitrogens with one attached hydrogen (secondary N) is 1. The molecule has 1 aromatic heterocycles. The standard InChI is InChI=1S/C7H7Cl2N3O/c1-3-5(8)6(9)12-7(10-3)11-4(2)13/h1-2H3,(H,10,11,12,13). The van der Waals surface area contributed by atoms with Gasteiger partial charge in [-0.05, 0) is 6.92 Å². The Bertz CT molecular complexity index is 331. The van der Waals surface area contributed by atoms with Gasteiger partial charge in [-0.25, -0.2) is 4.98 Å². The summed E-state index contributed by atoms with van der Waals surface area (Å²) in [6.07, 6.45) is 0. The lowest BCUT2D eigenvalue weighted by Crippen LogP contribution is -2.10. The largest absolute Gasteiger partial charge is 0.295 e. The zero-order valence-corrected chi connectivity index (χ0v) is 8.57. The molecule has 0 unspecified atom stereocenters. The smallest absolute Gasteiger partial charge is 0.231 e. The van der Waals surface area contributed by atoms with Crippen LogP contribution in [0.15, 0.2) is 0 Å². The van der Waals surface area contributed by atoms with Crippen LogP contribution >= 0.6 is 23.2 Å². The lowest BCUT2D eigenvalue weighted by Gasteiger charge is -2.03. The van der Waals surface area contributed by atoms with Gasteiger partial charge in [0.1, 0.15) is 0 Å². The molecule has 1 N–H and O–H groups in total. The van der Waals surface area contributed by atoms with E-state index in [1.54, 1.807) is 6.92 Å². The lowest BCUT2D eigenvalue weighted by atomic mass is 10.4. The molecule has 1 aromatic rings. The molecule has 1 heterocycles. The minimum atomic E-state index is -0.252. The Balaban J connectivity index is 3.06. The molecule has 0 aliphatic rings. The van der Waals surface area contributed by atoms with Crippen LogP contribution in [-0.2, 0) is 4.79 Å². The summed E-state index contributed by atoms with van der Waals surface area (Å²) in [6.45, 7) is 3.04. The van der Waals surface area contributed by atoms with Crippen molar-refractivity contribution in [3.63, 3.8) is 0 Å². The molecule has 0 saturated heterocycles. The van der Waals surface area contributed by atoms with E-state index in [4.69, 9.17) is 23.2 Å². The second kappa shape index (κ2) is 3.89. The zero-order valence-electron chi connectivity index (χ0n) is 7.06. The molecular weight excluding hydrogens is 213 g/mol. The van der Waals surface area contributed by atoms with Gasteiger partial charge in [-0.15, -0.1) is 0 Å². The van der Waals surface area contributed by atoms with Crippen LogP contribution in [0.3, 0.4) is 0 Å². The first-order valence-electron chi connectivity index (χ1n) is 3.48. The Morgan fingerprint density at radius 1 is 1.38 bits per heavy atom. The summed E-state index contributed by atoms with van der Waals surface area (Å²) in [5.74, 6) is -0.0859. The van der Waals surface area contributed by atoms with Gasteiger partial charge in [0.15, 0.2) is 5.15 Å². The van der Waals surface area contributed by atoms with Gasteiger partial charge in [-0.2, -0.15) is 4.98 Å². The van der Waals surface area contributed by atoms with Crippen molar-refractivity contribution in [1.82, 2.24) is 9.97 Å². The molecule has 13 heavy (non-hydrogen) atoms. The minimum Gasteiger partial charge on any atom is -0.295 e. The molecule has 0 spiro atoms. The number of aryl methyl sites for hydroxylation is 1. The van der Waals surface area contributed by atoms with Gasteiger partial charge in [-0.1, -0.05) is 23.2 Å². The first kappa shape index (κ1) is 10.2. The third-order valence-electron chi connectivity index (χ3n) is 1.26. The van der Waals surface area contributed by atoms with E-state index in [-0.39, 0.29) is 17.0 Å². The molecule has 0 aliphatic heterocycles. The monoisotopic (exact) mass is 219 g/mol. The van der Waals surface area contributed by atoms with Crippen molar-refractivity contribution in [1.29, 1.82) is 0 Å². The molecule has 0 saturated carbocycles. The number of amides is 1. The molecule has 1 rings (SSSR count). The number of halogens is 2. The molecule has 4 nitrogen and oxygen atoms in total. The first-order chi connectivity index (χ1) is 6.00. The topological polar surface area (TPSA) is 54.9 Å². The van der Waals surface area contributed by atoms with Crippen molar-refractivity contribution in [2.75, 3.05) is 5.32 Å². The molecule has 0 bridgehead atoms. The Labute approximate surface area is 85.3 Å². The van der Waals surface area contributed by atoms with Crippen LogP contribution in [0.2, 0.25) is 10.2 Å². The van der Waals surface area contributed by atoms with Crippen LogP contribution in [-0.4, -0.2) is 15.9 Å². The van der Waals surface area contributed by atoms with Crippen LogP contribution < -0.4 is 5.32 Å². The highest BCUT2D eigenvalue weighted by atomic mass is 35.5. The van der Waals surface area contributed by atoms with Crippen molar-refractivity contribution in [3.05, 3.63) is 15.9 Å². The van der Waals surface area contributed by atoms with Crippen molar-refractivity contribution in [2.45, 2.75) is 13.8 Å². The predicted molar refractivity (Wildman–Crippen MR) is 51.1 cm³/mol. The normalized spacial score (nSPS) is 9.85. The molecule has 0 atom stereocenters. The van der Waals surface area contributed by atoms with E-state index < -0.39 is 0 Å². The van der Waals surface area contributed by atoms with E-state index in [1.807, 2.05) is 0 Å². The Morgan fingerprint density at radius 3 is 2.46 bits per heavy atom. The number of aromatic nitrogens is 2. The van der Waals surface area contributed by atoms with E-state index in [2.05, 4.69) is 15.3 Å². The second-order valence-electron chi connectivity index (χ2n) is 2.42. The fourth-order valence-corrected chi connectivity index (χ4v) is 1.04. The maximum absolute atomic E-state index is 10.7. The van der Waals surface area contributed by atoms with Crippen molar-refractivity contribution >= 4 is 35.1 Å². The maximum atomic E-state index is 10.7. The van der Waals surface area contributed by atoms with E-state index in [0.29, 0.717) is 10.7 Å². The highest BCUT2D eigenvalue weighted by Crippen LogP contribution is 2.23. The summed E-state index contributed by atoms with van der Waals surface area (Å²) in [5, 5.41) is 2.85. The van der Waals surface area contributed by atoms with Gasteiger partial charge in [0.2, 0.25) is 11.9 Å². The van der Waals surface area contributed by atoms with Crippen molar-refractivity contribution < 1.29 is 4.79 Å². The highest BCUT2D eigenvalue weighted by Gasteiger charge is 2.07. The van der Waals surface area contributed by atoms with Crippen molar-refractivity contribution in [2.24, 2.45) is 0 Å². The second-order valence-corrected chi connectivity index (χ2v) is 3.15. The SMILES string of the molecule is CC(=O)Nc1nc(C)c(Cl)c(Cl)n1. The van der Waals surface area contributed by atoms with Crippen LogP contribution in [0, 0.1) is 6.92 Å². The highest BCUT2D eigenvalue weighted by molar-refractivity contribution is 6.41. The van der Waals surface area contributed by atoms with Gasteiger partial charge in [0.05, 0.1) is 10.7 Å². The van der Waals surface area contributed by atoms with Gasteiger partial charge in [-0.3, -0.25) is 10.1 Å². The molecule has 0 radical (unpaired) electrons. The third kappa shape index (κ3) is 2.54. The molecule has 6 heteroatoms. The Morgan fingerprint density at radius 2 is 2.00 bits per heavy atom. The summed E-state index contributed by atoms with van der Waals surface area (Å²) < 4.78 is 0. The quantitative estimate of drug-likeness (QED) is 0.736. The number of carbonyl (C=O) groups excluding carboxylic acids is 1. The molecule has 0 aliphatic carbocycles. The third-order valence-corrected chi connectivity index (χ3v) is 2.09. The number of carbonyl (C=O) groups is 1. The van der Waals surface area contributed by atoms with Crippen LogP contribution in [0.5, 0.6) is 0 Å². The maximum Gasteiger partial charge on any atom is 0.231 e. The zero-order chi connectivity index (χ0) is 10.0. The molecule has 0 fully saturated rings. The minimum absolute atomic E-state index is 0.137. The Kier molecular flexibility index (Phi) is 3.06. The number of anilines is 1. The number of nitrogens with zero attached hydrogens (tertiary/aromatic N) is 2. The summed E-state index contributed by atoms with van der Waals surface area (Å²) in [5.41, 5.74) is 0.533. The van der Waals surface area contributed by atoms with E-state index in [9.17, 15) is 4.79 Å². The molecular formula is C7H7Cl2N3O. The fourth-order valence-electron chi connectivity index (χ4n) is 0.738. The van der Waals surface area contributed by atoms with Crippen LogP contribution in [0.4, 0.5) is 5.95 Å². The summed E-state index contributed by atoms with van der Waals surface area (Å²) in [6, 6.07) is 0. The number of hydrogen-bond acceptors (Lipinski definition) is 3. The van der Waals surface area contributed by atoms with Crippen LogP contribution in [0.25, 0.3) is 0 Å².